The Labute approximate surface area is 359 Å². The van der Waals surface area contributed by atoms with Crippen molar-refractivity contribution in [3.05, 3.63) is 231 Å². The maximum absolute atomic E-state index is 6.62. The van der Waals surface area contributed by atoms with Crippen molar-refractivity contribution >= 4 is 71.3 Å². The molecule has 1 heterocycles. The van der Waals surface area contributed by atoms with Gasteiger partial charge in [-0.05, 0) is 126 Å². The van der Waals surface area contributed by atoms with Crippen LogP contribution in [0.25, 0.3) is 99.0 Å². The van der Waals surface area contributed by atoms with Crippen molar-refractivity contribution in [2.45, 2.75) is 0 Å². The van der Waals surface area contributed by atoms with Crippen LogP contribution in [0.5, 0.6) is 0 Å². The molecule has 0 aliphatic rings. The second-order valence-electron chi connectivity index (χ2n) is 15.9. The Morgan fingerprint density at radius 1 is 0.306 bits per heavy atom. The van der Waals surface area contributed by atoms with Crippen LogP contribution in [0.1, 0.15) is 0 Å². The van der Waals surface area contributed by atoms with Crippen LogP contribution in [0.4, 0.5) is 17.1 Å². The molecule has 0 fully saturated rings. The van der Waals surface area contributed by atoms with Gasteiger partial charge in [0.2, 0.25) is 5.89 Å². The first-order chi connectivity index (χ1) is 30.7. The zero-order valence-corrected chi connectivity index (χ0v) is 33.7. The summed E-state index contributed by atoms with van der Waals surface area (Å²) in [7, 11) is 0. The Hall–Kier alpha value is -8.27. The van der Waals surface area contributed by atoms with E-state index in [2.05, 4.69) is 235 Å². The van der Waals surface area contributed by atoms with Gasteiger partial charge in [-0.2, -0.15) is 0 Å². The van der Waals surface area contributed by atoms with E-state index in [0.29, 0.717) is 5.89 Å². The summed E-state index contributed by atoms with van der Waals surface area (Å²) in [6, 6.07) is 82.6. The molecule has 0 aliphatic heterocycles. The molecule has 0 N–H and O–H groups in total. The third-order valence-corrected chi connectivity index (χ3v) is 12.2. The fourth-order valence-electron chi connectivity index (χ4n) is 9.26. The highest BCUT2D eigenvalue weighted by Gasteiger charge is 2.19. The summed E-state index contributed by atoms with van der Waals surface area (Å²) in [4.78, 5) is 7.48. The zero-order chi connectivity index (χ0) is 41.0. The van der Waals surface area contributed by atoms with Crippen molar-refractivity contribution < 1.29 is 4.42 Å². The Morgan fingerprint density at radius 3 is 1.74 bits per heavy atom. The van der Waals surface area contributed by atoms with Gasteiger partial charge >= 0.3 is 0 Å². The number of hydrogen-bond acceptors (Lipinski definition) is 3. The molecule has 0 amide bonds. The van der Waals surface area contributed by atoms with Crippen molar-refractivity contribution in [3.8, 4) is 44.8 Å². The first-order valence-electron chi connectivity index (χ1n) is 21.1. The molecule has 0 atom stereocenters. The molecule has 1 aromatic heterocycles. The number of nitrogens with zero attached hydrogens (tertiary/aromatic N) is 2. The molecule has 0 bridgehead atoms. The highest BCUT2D eigenvalue weighted by atomic mass is 16.3. The van der Waals surface area contributed by atoms with Crippen LogP contribution in [0.2, 0.25) is 0 Å². The third kappa shape index (κ3) is 6.18. The van der Waals surface area contributed by atoms with Crippen LogP contribution in [-0.4, -0.2) is 4.98 Å². The van der Waals surface area contributed by atoms with Gasteiger partial charge in [0.05, 0.1) is 0 Å². The fraction of sp³-hybridized carbons (Fsp3) is 0. The van der Waals surface area contributed by atoms with Gasteiger partial charge in [-0.1, -0.05) is 176 Å². The first-order valence-corrected chi connectivity index (χ1v) is 21.1. The van der Waals surface area contributed by atoms with Crippen molar-refractivity contribution in [3.63, 3.8) is 0 Å². The van der Waals surface area contributed by atoms with E-state index in [-0.39, 0.29) is 0 Å². The van der Waals surface area contributed by atoms with E-state index in [1.54, 1.807) is 0 Å². The molecule has 0 aliphatic carbocycles. The van der Waals surface area contributed by atoms with Gasteiger partial charge < -0.3 is 9.32 Å². The normalized spacial score (nSPS) is 11.5. The van der Waals surface area contributed by atoms with Gasteiger partial charge in [0.25, 0.3) is 0 Å². The minimum Gasteiger partial charge on any atom is -0.436 e. The molecular weight excluding hydrogens is 753 g/mol. The van der Waals surface area contributed by atoms with Crippen LogP contribution in [0.15, 0.2) is 235 Å². The molecule has 12 aromatic rings. The predicted octanol–water partition coefficient (Wildman–Crippen LogP) is 16.6. The predicted molar refractivity (Wildman–Crippen MR) is 260 cm³/mol. The molecule has 3 heteroatoms. The Kier molecular flexibility index (Phi) is 8.50. The summed E-state index contributed by atoms with van der Waals surface area (Å²) in [6.07, 6.45) is 0. The summed E-state index contributed by atoms with van der Waals surface area (Å²) >= 11 is 0. The van der Waals surface area contributed by atoms with Gasteiger partial charge in [0.15, 0.2) is 5.58 Å². The molecule has 0 saturated carbocycles. The second-order valence-corrected chi connectivity index (χ2v) is 15.9. The fourth-order valence-corrected chi connectivity index (χ4v) is 9.26. The average Bonchev–Trinajstić information content (AvgIpc) is 3.79. The van der Waals surface area contributed by atoms with Gasteiger partial charge in [0, 0.05) is 28.0 Å². The highest BCUT2D eigenvalue weighted by Crippen LogP contribution is 2.43. The van der Waals surface area contributed by atoms with E-state index in [9.17, 15) is 0 Å². The monoisotopic (exact) mass is 790 g/mol. The lowest BCUT2D eigenvalue weighted by Crippen LogP contribution is -2.10. The van der Waals surface area contributed by atoms with Crippen LogP contribution in [0.3, 0.4) is 0 Å². The van der Waals surface area contributed by atoms with E-state index >= 15 is 0 Å². The Bertz CT molecular complexity index is 3650. The SMILES string of the molecule is c1ccc(-c2cccc(N(c3cccc(-c4cccc5ccccc45)c3)c3ccc4c(-c5cc6oc(-c7ccc8ccccc8c7)nc6c6ccccc56)cccc4c3)c2)cc1. The van der Waals surface area contributed by atoms with E-state index in [0.717, 1.165) is 71.8 Å². The lowest BCUT2D eigenvalue weighted by molar-refractivity contribution is 0.620. The topological polar surface area (TPSA) is 29.3 Å². The molecule has 290 valence electrons. The molecule has 0 unspecified atom stereocenters. The second kappa shape index (κ2) is 14.8. The minimum atomic E-state index is 0.622. The zero-order valence-electron chi connectivity index (χ0n) is 33.7. The Morgan fingerprint density at radius 2 is 0.903 bits per heavy atom. The maximum Gasteiger partial charge on any atom is 0.227 e. The van der Waals surface area contributed by atoms with Gasteiger partial charge in [-0.3, -0.25) is 0 Å². The first kappa shape index (κ1) is 35.7. The summed E-state index contributed by atoms with van der Waals surface area (Å²) in [6.45, 7) is 0. The molecular formula is C59H38N2O. The van der Waals surface area contributed by atoms with Crippen LogP contribution >= 0.6 is 0 Å². The van der Waals surface area contributed by atoms with E-state index in [1.165, 1.54) is 38.4 Å². The van der Waals surface area contributed by atoms with Crippen LogP contribution < -0.4 is 4.90 Å². The highest BCUT2D eigenvalue weighted by molar-refractivity contribution is 6.14. The van der Waals surface area contributed by atoms with Crippen molar-refractivity contribution in [1.82, 2.24) is 4.98 Å². The van der Waals surface area contributed by atoms with Gasteiger partial charge in [-0.15, -0.1) is 0 Å². The van der Waals surface area contributed by atoms with E-state index in [4.69, 9.17) is 9.40 Å². The standard InChI is InChI=1S/C59H38N2O/c1-2-14-39(15-3-1)43-20-10-23-47(35-43)61(48-24-11-21-44(36-48)51-28-12-19-41-17-6-7-25-50(41)51)49-32-33-52-45(37-49)22-13-29-53(52)56-38-57-58(55-27-9-8-26-54(55)56)60-59(62-57)46-31-30-40-16-4-5-18-42(40)34-46/h1-38H. The number of rotatable bonds is 7. The minimum absolute atomic E-state index is 0.622. The van der Waals surface area contributed by atoms with Gasteiger partial charge in [0.1, 0.15) is 5.52 Å². The van der Waals surface area contributed by atoms with Crippen molar-refractivity contribution in [2.24, 2.45) is 0 Å². The maximum atomic E-state index is 6.62. The quantitative estimate of drug-likeness (QED) is 0.161. The smallest absolute Gasteiger partial charge is 0.227 e. The molecule has 0 spiro atoms. The van der Waals surface area contributed by atoms with E-state index < -0.39 is 0 Å². The number of hydrogen-bond donors (Lipinski definition) is 0. The molecule has 0 saturated heterocycles. The largest absolute Gasteiger partial charge is 0.436 e. The van der Waals surface area contributed by atoms with Crippen LogP contribution in [-0.2, 0) is 0 Å². The number of oxazole rings is 1. The molecule has 3 nitrogen and oxygen atoms in total. The molecule has 62 heavy (non-hydrogen) atoms. The number of anilines is 3. The lowest BCUT2D eigenvalue weighted by atomic mass is 9.93. The van der Waals surface area contributed by atoms with Crippen LogP contribution in [0, 0.1) is 0 Å². The Balaban J connectivity index is 1.01. The summed E-state index contributed by atoms with van der Waals surface area (Å²) in [5.41, 5.74) is 12.8. The summed E-state index contributed by atoms with van der Waals surface area (Å²) < 4.78 is 6.62. The number of aromatic nitrogens is 1. The number of fused-ring (bicyclic) bond motifs is 6. The lowest BCUT2D eigenvalue weighted by Gasteiger charge is -2.27. The van der Waals surface area contributed by atoms with Crippen molar-refractivity contribution in [1.29, 1.82) is 0 Å². The third-order valence-electron chi connectivity index (χ3n) is 12.2. The number of benzene rings is 11. The van der Waals surface area contributed by atoms with E-state index in [1.807, 2.05) is 0 Å². The molecule has 12 rings (SSSR count). The summed E-state index contributed by atoms with van der Waals surface area (Å²) in [5.74, 6) is 0.622. The molecule has 11 aromatic carbocycles. The average molecular weight is 791 g/mol. The summed E-state index contributed by atoms with van der Waals surface area (Å²) in [5, 5.41) is 9.34. The van der Waals surface area contributed by atoms with Gasteiger partial charge in [-0.25, -0.2) is 4.98 Å². The van der Waals surface area contributed by atoms with Crippen molar-refractivity contribution in [2.75, 3.05) is 4.90 Å². The molecule has 0 radical (unpaired) electrons.